The minimum atomic E-state index is -0.0300. The molecule has 0 saturated heterocycles. The van der Waals surface area contributed by atoms with Gasteiger partial charge in [0.25, 0.3) is 0 Å². The van der Waals surface area contributed by atoms with E-state index >= 15 is 0 Å². The van der Waals surface area contributed by atoms with Crippen molar-refractivity contribution < 1.29 is 4.79 Å². The number of rotatable bonds is 6. The zero-order valence-corrected chi connectivity index (χ0v) is 15.7. The van der Waals surface area contributed by atoms with Gasteiger partial charge < -0.3 is 5.32 Å². The molecule has 0 aliphatic carbocycles. The molecule has 5 nitrogen and oxygen atoms in total. The van der Waals surface area contributed by atoms with Crippen molar-refractivity contribution in [2.45, 2.75) is 32.9 Å². The number of amides is 1. The highest BCUT2D eigenvalue weighted by Gasteiger charge is 2.12. The maximum Gasteiger partial charge on any atom is 0.222 e. The number of nitrogens with one attached hydrogen (secondary N) is 2. The lowest BCUT2D eigenvalue weighted by Crippen LogP contribution is -2.27. The minimum absolute atomic E-state index is 0.0145. The summed E-state index contributed by atoms with van der Waals surface area (Å²) in [6, 6.07) is 18.0. The van der Waals surface area contributed by atoms with Gasteiger partial charge in [-0.25, -0.2) is 0 Å². The van der Waals surface area contributed by atoms with Gasteiger partial charge in [-0.05, 0) is 31.6 Å². The number of H-pyrrole nitrogens is 1. The van der Waals surface area contributed by atoms with Crippen LogP contribution in [0.25, 0.3) is 11.4 Å². The molecule has 0 unspecified atom stereocenters. The summed E-state index contributed by atoms with van der Waals surface area (Å²) in [5.41, 5.74) is 3.24. The number of hydrogen-bond donors (Lipinski definition) is 2. The van der Waals surface area contributed by atoms with Gasteiger partial charge in [0.1, 0.15) is 0 Å². The fourth-order valence-electron chi connectivity index (χ4n) is 2.80. The van der Waals surface area contributed by atoms with Crippen LogP contribution in [0.3, 0.4) is 0 Å². The van der Waals surface area contributed by atoms with Crippen LogP contribution in [-0.4, -0.2) is 20.7 Å². The van der Waals surface area contributed by atoms with Crippen LogP contribution in [-0.2, 0) is 11.3 Å². The molecule has 1 aromatic heterocycles. The molecule has 1 atom stereocenters. The van der Waals surface area contributed by atoms with Crippen LogP contribution in [0.2, 0.25) is 0 Å². The van der Waals surface area contributed by atoms with E-state index in [4.69, 9.17) is 12.2 Å². The number of aromatic amines is 1. The number of aryl methyl sites for hydroxylation is 1. The molecule has 26 heavy (non-hydrogen) atoms. The SMILES string of the molecule is Cc1ccc(-c2n[nH]c(=S)n2CCC(=O)N[C@@H](C)c2ccccc2)cc1. The molecule has 0 fully saturated rings. The van der Waals surface area contributed by atoms with E-state index in [1.165, 1.54) is 5.56 Å². The molecule has 3 rings (SSSR count). The lowest BCUT2D eigenvalue weighted by molar-refractivity contribution is -0.121. The molecule has 0 radical (unpaired) electrons. The van der Waals surface area contributed by atoms with Gasteiger partial charge in [0.05, 0.1) is 6.04 Å². The van der Waals surface area contributed by atoms with Crippen LogP contribution in [0.4, 0.5) is 0 Å². The van der Waals surface area contributed by atoms with Crippen molar-refractivity contribution in [3.05, 3.63) is 70.5 Å². The number of carbonyl (C=O) groups excluding carboxylic acids is 1. The molecule has 0 bridgehead atoms. The van der Waals surface area contributed by atoms with Crippen LogP contribution in [0.15, 0.2) is 54.6 Å². The Bertz CT molecular complexity index is 928. The molecular formula is C20H22N4OS. The number of hydrogen-bond acceptors (Lipinski definition) is 3. The van der Waals surface area contributed by atoms with E-state index in [1.807, 2.05) is 73.0 Å². The Kier molecular flexibility index (Phi) is 5.63. The molecule has 3 aromatic rings. The summed E-state index contributed by atoms with van der Waals surface area (Å²) in [6.07, 6.45) is 0.337. The van der Waals surface area contributed by atoms with Gasteiger partial charge in [-0.1, -0.05) is 60.2 Å². The van der Waals surface area contributed by atoms with Crippen LogP contribution in [0, 0.1) is 11.7 Å². The van der Waals surface area contributed by atoms with E-state index in [-0.39, 0.29) is 11.9 Å². The Morgan fingerprint density at radius 1 is 1.19 bits per heavy atom. The highest BCUT2D eigenvalue weighted by Crippen LogP contribution is 2.18. The topological polar surface area (TPSA) is 62.7 Å². The van der Waals surface area contributed by atoms with Gasteiger partial charge in [0.15, 0.2) is 10.6 Å². The normalized spacial score (nSPS) is 11.9. The Morgan fingerprint density at radius 3 is 2.58 bits per heavy atom. The summed E-state index contributed by atoms with van der Waals surface area (Å²) in [6.45, 7) is 4.50. The Labute approximate surface area is 158 Å². The van der Waals surface area contributed by atoms with Crippen LogP contribution >= 0.6 is 12.2 Å². The molecular weight excluding hydrogens is 344 g/mol. The first kappa shape index (κ1) is 18.1. The molecule has 1 amide bonds. The third kappa shape index (κ3) is 4.26. The van der Waals surface area contributed by atoms with Gasteiger partial charge in [0, 0.05) is 18.5 Å². The largest absolute Gasteiger partial charge is 0.350 e. The minimum Gasteiger partial charge on any atom is -0.350 e. The van der Waals surface area contributed by atoms with E-state index < -0.39 is 0 Å². The quantitative estimate of drug-likeness (QED) is 0.643. The van der Waals surface area contributed by atoms with Crippen molar-refractivity contribution in [2.75, 3.05) is 0 Å². The lowest BCUT2D eigenvalue weighted by atomic mass is 10.1. The van der Waals surface area contributed by atoms with Gasteiger partial charge in [-0.3, -0.25) is 14.5 Å². The fraction of sp³-hybridized carbons (Fsp3) is 0.250. The number of carbonyl (C=O) groups is 1. The smallest absolute Gasteiger partial charge is 0.222 e. The second-order valence-electron chi connectivity index (χ2n) is 6.32. The van der Waals surface area contributed by atoms with E-state index in [0.29, 0.717) is 17.7 Å². The molecule has 6 heteroatoms. The average Bonchev–Trinajstić information content (AvgIpc) is 3.02. The average molecular weight is 366 g/mol. The summed E-state index contributed by atoms with van der Waals surface area (Å²) in [7, 11) is 0. The van der Waals surface area contributed by atoms with E-state index in [2.05, 4.69) is 15.5 Å². The molecule has 0 aliphatic rings. The van der Waals surface area contributed by atoms with Crippen molar-refractivity contribution in [3.63, 3.8) is 0 Å². The van der Waals surface area contributed by atoms with E-state index in [0.717, 1.165) is 17.0 Å². The third-order valence-electron chi connectivity index (χ3n) is 4.31. The predicted octanol–water partition coefficient (Wildman–Crippen LogP) is 4.18. The zero-order chi connectivity index (χ0) is 18.5. The highest BCUT2D eigenvalue weighted by atomic mass is 32.1. The Hall–Kier alpha value is -2.73. The lowest BCUT2D eigenvalue weighted by Gasteiger charge is -2.14. The van der Waals surface area contributed by atoms with Crippen LogP contribution in [0.1, 0.15) is 30.5 Å². The van der Waals surface area contributed by atoms with Gasteiger partial charge in [-0.15, -0.1) is 0 Å². The molecule has 2 N–H and O–H groups in total. The second-order valence-corrected chi connectivity index (χ2v) is 6.71. The maximum absolute atomic E-state index is 12.3. The summed E-state index contributed by atoms with van der Waals surface area (Å²) < 4.78 is 2.39. The number of nitrogens with zero attached hydrogens (tertiary/aromatic N) is 2. The Morgan fingerprint density at radius 2 is 1.88 bits per heavy atom. The van der Waals surface area contributed by atoms with Gasteiger partial charge >= 0.3 is 0 Å². The van der Waals surface area contributed by atoms with E-state index in [1.54, 1.807) is 0 Å². The highest BCUT2D eigenvalue weighted by molar-refractivity contribution is 7.71. The molecule has 134 valence electrons. The number of aromatic nitrogens is 3. The molecule has 2 aromatic carbocycles. The molecule has 0 spiro atoms. The van der Waals surface area contributed by atoms with Gasteiger partial charge in [-0.2, -0.15) is 5.10 Å². The van der Waals surface area contributed by atoms with Crippen molar-refractivity contribution >= 4 is 18.1 Å². The first-order valence-electron chi connectivity index (χ1n) is 8.61. The summed E-state index contributed by atoms with van der Waals surface area (Å²) >= 11 is 5.33. The second kappa shape index (κ2) is 8.10. The zero-order valence-electron chi connectivity index (χ0n) is 14.9. The maximum atomic E-state index is 12.3. The first-order valence-corrected chi connectivity index (χ1v) is 9.02. The molecule has 1 heterocycles. The monoisotopic (exact) mass is 366 g/mol. The molecule has 0 aliphatic heterocycles. The predicted molar refractivity (Wildman–Crippen MR) is 105 cm³/mol. The van der Waals surface area contributed by atoms with Crippen LogP contribution < -0.4 is 5.32 Å². The van der Waals surface area contributed by atoms with Crippen molar-refractivity contribution in [3.8, 4) is 11.4 Å². The van der Waals surface area contributed by atoms with Crippen molar-refractivity contribution in [1.82, 2.24) is 20.1 Å². The third-order valence-corrected chi connectivity index (χ3v) is 4.62. The van der Waals surface area contributed by atoms with Crippen LogP contribution in [0.5, 0.6) is 0 Å². The molecule has 0 saturated carbocycles. The summed E-state index contributed by atoms with van der Waals surface area (Å²) in [5.74, 6) is 0.734. The van der Waals surface area contributed by atoms with E-state index in [9.17, 15) is 4.79 Å². The van der Waals surface area contributed by atoms with Gasteiger partial charge in [0.2, 0.25) is 5.91 Å². The van der Waals surface area contributed by atoms with Crippen molar-refractivity contribution in [2.24, 2.45) is 0 Å². The Balaban J connectivity index is 1.66. The standard InChI is InChI=1S/C20H22N4OS/c1-14-8-10-17(11-9-14)19-22-23-20(26)24(19)13-12-18(25)21-15(2)16-6-4-3-5-7-16/h3-11,15H,12-13H2,1-2H3,(H,21,25)(H,23,26)/t15-/m0/s1. The fourth-order valence-corrected chi connectivity index (χ4v) is 3.02. The first-order chi connectivity index (χ1) is 12.5. The summed E-state index contributed by atoms with van der Waals surface area (Å²) in [4.78, 5) is 12.3. The number of benzene rings is 2. The van der Waals surface area contributed by atoms with Crippen molar-refractivity contribution in [1.29, 1.82) is 0 Å². The summed E-state index contributed by atoms with van der Waals surface area (Å²) in [5, 5.41) is 10.2.